The smallest absolute Gasteiger partial charge is 0.226 e. The third-order valence-corrected chi connectivity index (χ3v) is 4.96. The Morgan fingerprint density at radius 2 is 1.73 bits per heavy atom. The van der Waals surface area contributed by atoms with Gasteiger partial charge in [-0.2, -0.15) is 0 Å². The van der Waals surface area contributed by atoms with Crippen LogP contribution < -0.4 is 9.64 Å². The zero-order chi connectivity index (χ0) is 21.5. The number of Topliss-reactive ketones (excluding diaryl/α,β-unsaturated/α-hetero) is 1. The van der Waals surface area contributed by atoms with Gasteiger partial charge < -0.3 is 9.64 Å². The van der Waals surface area contributed by atoms with Gasteiger partial charge in [-0.15, -0.1) is 0 Å². The fraction of sp³-hybridized carbons (Fsp3) is 0.250. The lowest BCUT2D eigenvalue weighted by atomic mass is 10.0. The summed E-state index contributed by atoms with van der Waals surface area (Å²) in [4.78, 5) is 34.5. The maximum Gasteiger partial charge on any atom is 0.226 e. The maximum atomic E-state index is 12.5. The van der Waals surface area contributed by atoms with E-state index in [0.29, 0.717) is 30.7 Å². The topological polar surface area (TPSA) is 72.4 Å². The standard InChI is InChI=1S/C24H25N3O3/c1-4-24(29)27(2)20-11-12-21(25-16-20)18-7-9-19(10-8-18)22(28)13-5-17-6-14-23(30-3)26-15-17/h6-12,14-16H,4-5,13H2,1-3H3. The highest BCUT2D eigenvalue weighted by atomic mass is 16.5. The Hall–Kier alpha value is -3.54. The van der Waals surface area contributed by atoms with Gasteiger partial charge in [-0.3, -0.25) is 14.6 Å². The fourth-order valence-electron chi connectivity index (χ4n) is 3.05. The quantitative estimate of drug-likeness (QED) is 0.523. The number of aromatic nitrogens is 2. The average molecular weight is 403 g/mol. The molecule has 6 heteroatoms. The van der Waals surface area contributed by atoms with Crippen LogP contribution in [0.3, 0.4) is 0 Å². The molecule has 3 rings (SSSR count). The van der Waals surface area contributed by atoms with Crippen molar-refractivity contribution in [3.05, 3.63) is 72.1 Å². The van der Waals surface area contributed by atoms with Crippen LogP contribution in [0.2, 0.25) is 0 Å². The number of carbonyl (C=O) groups is 2. The number of ether oxygens (including phenoxy) is 1. The second-order valence-corrected chi connectivity index (χ2v) is 6.92. The number of carbonyl (C=O) groups excluding carboxylic acids is 2. The number of nitrogens with zero attached hydrogens (tertiary/aromatic N) is 3. The molecule has 0 N–H and O–H groups in total. The van der Waals surface area contributed by atoms with Crippen LogP contribution in [0.25, 0.3) is 11.3 Å². The molecule has 0 saturated carbocycles. The molecule has 0 aliphatic heterocycles. The molecule has 3 aromatic rings. The number of hydrogen-bond acceptors (Lipinski definition) is 5. The molecule has 0 atom stereocenters. The SMILES string of the molecule is CCC(=O)N(C)c1ccc(-c2ccc(C(=O)CCc3ccc(OC)nc3)cc2)nc1. The molecule has 0 saturated heterocycles. The Kier molecular flexibility index (Phi) is 6.91. The van der Waals surface area contributed by atoms with E-state index in [0.717, 1.165) is 22.5 Å². The van der Waals surface area contributed by atoms with Crippen molar-refractivity contribution in [3.63, 3.8) is 0 Å². The largest absolute Gasteiger partial charge is 0.481 e. The number of anilines is 1. The molecule has 0 fully saturated rings. The second kappa shape index (κ2) is 9.78. The highest BCUT2D eigenvalue weighted by molar-refractivity contribution is 5.96. The van der Waals surface area contributed by atoms with Crippen LogP contribution in [0.4, 0.5) is 5.69 Å². The molecule has 1 aromatic carbocycles. The number of rotatable bonds is 8. The number of methoxy groups -OCH3 is 1. The van der Waals surface area contributed by atoms with Gasteiger partial charge >= 0.3 is 0 Å². The number of ketones is 1. The van der Waals surface area contributed by atoms with E-state index in [2.05, 4.69) is 9.97 Å². The molecule has 6 nitrogen and oxygen atoms in total. The highest BCUT2D eigenvalue weighted by Crippen LogP contribution is 2.21. The molecule has 0 aliphatic carbocycles. The van der Waals surface area contributed by atoms with Gasteiger partial charge in [-0.25, -0.2) is 4.98 Å². The molecule has 0 bridgehead atoms. The van der Waals surface area contributed by atoms with Gasteiger partial charge in [0.1, 0.15) is 0 Å². The van der Waals surface area contributed by atoms with Crippen molar-refractivity contribution in [3.8, 4) is 17.1 Å². The molecule has 0 spiro atoms. The summed E-state index contributed by atoms with van der Waals surface area (Å²) >= 11 is 0. The maximum absolute atomic E-state index is 12.5. The van der Waals surface area contributed by atoms with Crippen molar-refractivity contribution in [1.82, 2.24) is 9.97 Å². The zero-order valence-corrected chi connectivity index (χ0v) is 17.5. The summed E-state index contributed by atoms with van der Waals surface area (Å²) in [6.07, 6.45) is 4.91. The van der Waals surface area contributed by atoms with E-state index in [4.69, 9.17) is 4.74 Å². The fourth-order valence-corrected chi connectivity index (χ4v) is 3.05. The average Bonchev–Trinajstić information content (AvgIpc) is 2.82. The van der Waals surface area contributed by atoms with E-state index >= 15 is 0 Å². The first-order valence-electron chi connectivity index (χ1n) is 9.87. The number of hydrogen-bond donors (Lipinski definition) is 0. The third kappa shape index (κ3) is 5.08. The molecule has 0 aliphatic rings. The lowest BCUT2D eigenvalue weighted by Gasteiger charge is -2.16. The van der Waals surface area contributed by atoms with Gasteiger partial charge in [-0.05, 0) is 24.1 Å². The van der Waals surface area contributed by atoms with Crippen LogP contribution in [-0.2, 0) is 11.2 Å². The minimum Gasteiger partial charge on any atom is -0.481 e. The van der Waals surface area contributed by atoms with Crippen molar-refractivity contribution in [1.29, 1.82) is 0 Å². The molecular weight excluding hydrogens is 378 g/mol. The molecule has 2 heterocycles. The van der Waals surface area contributed by atoms with E-state index in [9.17, 15) is 9.59 Å². The van der Waals surface area contributed by atoms with Crippen LogP contribution >= 0.6 is 0 Å². The van der Waals surface area contributed by atoms with E-state index in [1.54, 1.807) is 37.5 Å². The molecule has 0 unspecified atom stereocenters. The monoisotopic (exact) mass is 403 g/mol. The van der Waals surface area contributed by atoms with Crippen molar-refractivity contribution in [2.45, 2.75) is 26.2 Å². The molecule has 30 heavy (non-hydrogen) atoms. The first-order valence-corrected chi connectivity index (χ1v) is 9.87. The van der Waals surface area contributed by atoms with Crippen molar-refractivity contribution < 1.29 is 14.3 Å². The van der Waals surface area contributed by atoms with Gasteiger partial charge in [0.15, 0.2) is 5.78 Å². The van der Waals surface area contributed by atoms with Crippen molar-refractivity contribution in [2.75, 3.05) is 19.1 Å². The Labute approximate surface area is 176 Å². The van der Waals surface area contributed by atoms with E-state index < -0.39 is 0 Å². The third-order valence-electron chi connectivity index (χ3n) is 4.96. The van der Waals surface area contributed by atoms with E-state index in [-0.39, 0.29) is 11.7 Å². The van der Waals surface area contributed by atoms with Gasteiger partial charge in [0.05, 0.1) is 24.7 Å². The predicted octanol–water partition coefficient (Wildman–Crippen LogP) is 4.34. The summed E-state index contributed by atoms with van der Waals surface area (Å²) in [6, 6.07) is 14.9. The normalized spacial score (nSPS) is 10.5. The summed E-state index contributed by atoms with van der Waals surface area (Å²) in [6.45, 7) is 1.83. The summed E-state index contributed by atoms with van der Waals surface area (Å²) < 4.78 is 5.04. The number of aryl methyl sites for hydroxylation is 1. The first kappa shape index (κ1) is 21.2. The van der Waals surface area contributed by atoms with Crippen LogP contribution in [-0.4, -0.2) is 35.8 Å². The van der Waals surface area contributed by atoms with Gasteiger partial charge in [0, 0.05) is 43.3 Å². The summed E-state index contributed by atoms with van der Waals surface area (Å²) in [5, 5.41) is 0. The molecule has 154 valence electrons. The Morgan fingerprint density at radius 3 is 2.30 bits per heavy atom. The minimum absolute atomic E-state index is 0.0397. The van der Waals surface area contributed by atoms with Crippen molar-refractivity contribution in [2.24, 2.45) is 0 Å². The molecule has 0 radical (unpaired) electrons. The van der Waals surface area contributed by atoms with Gasteiger partial charge in [0.25, 0.3) is 0 Å². The molecular formula is C24H25N3O3. The summed E-state index contributed by atoms with van der Waals surface area (Å²) in [5.41, 5.74) is 4.13. The highest BCUT2D eigenvalue weighted by Gasteiger charge is 2.10. The number of amides is 1. The second-order valence-electron chi connectivity index (χ2n) is 6.92. The van der Waals surface area contributed by atoms with E-state index in [1.165, 1.54) is 0 Å². The summed E-state index contributed by atoms with van der Waals surface area (Å²) in [7, 11) is 3.32. The lowest BCUT2D eigenvalue weighted by Crippen LogP contribution is -2.25. The van der Waals surface area contributed by atoms with Crippen LogP contribution in [0.15, 0.2) is 60.9 Å². The zero-order valence-electron chi connectivity index (χ0n) is 17.5. The van der Waals surface area contributed by atoms with Gasteiger partial charge in [-0.1, -0.05) is 37.3 Å². The van der Waals surface area contributed by atoms with Crippen LogP contribution in [0.1, 0.15) is 35.7 Å². The van der Waals surface area contributed by atoms with Crippen LogP contribution in [0, 0.1) is 0 Å². The Bertz CT molecular complexity index is 997. The van der Waals surface area contributed by atoms with Gasteiger partial charge in [0.2, 0.25) is 11.8 Å². The van der Waals surface area contributed by atoms with E-state index in [1.807, 2.05) is 49.4 Å². The first-order chi connectivity index (χ1) is 14.5. The summed E-state index contributed by atoms with van der Waals surface area (Å²) in [5.74, 6) is 0.684. The van der Waals surface area contributed by atoms with Crippen LogP contribution in [0.5, 0.6) is 5.88 Å². The molecule has 2 aromatic heterocycles. The Balaban J connectivity index is 1.62. The minimum atomic E-state index is 0.0397. The van der Waals surface area contributed by atoms with Crippen molar-refractivity contribution >= 4 is 17.4 Å². The number of benzene rings is 1. The predicted molar refractivity (Wildman–Crippen MR) is 117 cm³/mol. The lowest BCUT2D eigenvalue weighted by molar-refractivity contribution is -0.118. The Morgan fingerprint density at radius 1 is 0.967 bits per heavy atom. The number of pyridine rings is 2. The molecule has 1 amide bonds.